The third-order valence-corrected chi connectivity index (χ3v) is 9.68. The normalized spacial score (nSPS) is 18.9. The quantitative estimate of drug-likeness (QED) is 0.276. The zero-order valence-electron chi connectivity index (χ0n) is 24.0. The first-order chi connectivity index (χ1) is 20.5. The molecular weight excluding hydrogens is 550 g/mol. The lowest BCUT2D eigenvalue weighted by Gasteiger charge is -2.32. The van der Waals surface area contributed by atoms with Crippen LogP contribution in [0.25, 0.3) is 10.9 Å². The highest BCUT2D eigenvalue weighted by molar-refractivity contribution is 7.97. The lowest BCUT2D eigenvalue weighted by atomic mass is 9.87. The minimum Gasteiger partial charge on any atom is -0.379 e. The minimum absolute atomic E-state index is 0.0540. The van der Waals surface area contributed by atoms with Crippen LogP contribution in [0, 0.1) is 0 Å². The number of piperidine rings is 1. The van der Waals surface area contributed by atoms with Gasteiger partial charge < -0.3 is 9.64 Å². The molecule has 10 heteroatoms. The maximum atomic E-state index is 13.5. The Labute approximate surface area is 250 Å². The maximum Gasteiger partial charge on any atom is 0.259 e. The molecule has 0 radical (unpaired) electrons. The fraction of sp³-hybridized carbons (Fsp3) is 0.438. The third kappa shape index (κ3) is 6.08. The molecule has 2 fully saturated rings. The van der Waals surface area contributed by atoms with Gasteiger partial charge in [0.25, 0.3) is 5.91 Å². The second kappa shape index (κ2) is 12.9. The van der Waals surface area contributed by atoms with E-state index < -0.39 is 0 Å². The van der Waals surface area contributed by atoms with Crippen molar-refractivity contribution in [2.24, 2.45) is 0 Å². The summed E-state index contributed by atoms with van der Waals surface area (Å²) in [6, 6.07) is 14.7. The van der Waals surface area contributed by atoms with Crippen molar-refractivity contribution in [2.45, 2.75) is 56.0 Å². The summed E-state index contributed by atoms with van der Waals surface area (Å²) in [6.07, 6.45) is 4.91. The van der Waals surface area contributed by atoms with E-state index in [2.05, 4.69) is 44.9 Å². The zero-order chi connectivity index (χ0) is 29.1. The number of aromatic nitrogens is 1. The van der Waals surface area contributed by atoms with Gasteiger partial charge in [0, 0.05) is 48.6 Å². The lowest BCUT2D eigenvalue weighted by molar-refractivity contribution is -0.125. The van der Waals surface area contributed by atoms with Crippen LogP contribution in [0.2, 0.25) is 0 Å². The summed E-state index contributed by atoms with van der Waals surface area (Å²) < 4.78 is 7.86. The SMILES string of the molecule is CC(CCC(=O)NC=O)N1C(=O)c2ccc(C3CCN(Cc4cccc(SN5CCOCC5)c4)CC3)c3nccc1c23. The van der Waals surface area contributed by atoms with Gasteiger partial charge in [0.1, 0.15) is 0 Å². The molecule has 6 rings (SSSR count). The molecule has 0 bridgehead atoms. The van der Waals surface area contributed by atoms with Crippen LogP contribution in [0.3, 0.4) is 0 Å². The van der Waals surface area contributed by atoms with Crippen LogP contribution in [0.4, 0.5) is 5.69 Å². The molecular formula is C32H37N5O4S. The molecule has 2 saturated heterocycles. The van der Waals surface area contributed by atoms with Crippen LogP contribution in [-0.4, -0.2) is 77.8 Å². The van der Waals surface area contributed by atoms with E-state index >= 15 is 0 Å². The highest BCUT2D eigenvalue weighted by Gasteiger charge is 2.35. The minimum atomic E-state index is -0.339. The van der Waals surface area contributed by atoms with Crippen molar-refractivity contribution < 1.29 is 19.1 Å². The van der Waals surface area contributed by atoms with E-state index in [1.54, 1.807) is 11.1 Å². The van der Waals surface area contributed by atoms with Crippen LogP contribution in [-0.2, 0) is 20.9 Å². The number of rotatable bonds is 10. The van der Waals surface area contributed by atoms with Gasteiger partial charge in [-0.25, -0.2) is 4.31 Å². The fourth-order valence-electron chi connectivity index (χ4n) is 6.41. The van der Waals surface area contributed by atoms with Crippen molar-refractivity contribution in [3.05, 3.63) is 65.4 Å². The predicted molar refractivity (Wildman–Crippen MR) is 163 cm³/mol. The molecule has 1 N–H and O–H groups in total. The topological polar surface area (TPSA) is 95.1 Å². The first-order valence-electron chi connectivity index (χ1n) is 14.8. The van der Waals surface area contributed by atoms with Crippen LogP contribution in [0.1, 0.15) is 60.0 Å². The van der Waals surface area contributed by atoms with E-state index in [4.69, 9.17) is 9.72 Å². The lowest BCUT2D eigenvalue weighted by Crippen LogP contribution is -2.36. The standard InChI is InChI=1S/C32H37N5O4S/c1-22(5-8-29(39)34-21-38)37-28-9-12-33-31-26(6-7-27(30(28)31)32(37)40)24-10-13-35(14-11-24)20-23-3-2-4-25(19-23)42-36-15-17-41-18-16-36/h2-4,6-7,9,12,19,21-22,24H,5,8,10-11,13-18,20H2,1H3,(H,34,38,39). The Morgan fingerprint density at radius 3 is 2.74 bits per heavy atom. The highest BCUT2D eigenvalue weighted by atomic mass is 32.2. The number of nitrogens with one attached hydrogen (secondary N) is 1. The van der Waals surface area contributed by atoms with Crippen molar-refractivity contribution in [2.75, 3.05) is 44.3 Å². The predicted octanol–water partition coefficient (Wildman–Crippen LogP) is 4.36. The largest absolute Gasteiger partial charge is 0.379 e. The molecule has 3 aromatic rings. The molecule has 3 amide bonds. The number of ether oxygens (including phenoxy) is 1. The van der Waals surface area contributed by atoms with Crippen molar-refractivity contribution >= 4 is 46.8 Å². The summed E-state index contributed by atoms with van der Waals surface area (Å²) in [5, 5.41) is 3.09. The Balaban J connectivity index is 1.12. The van der Waals surface area contributed by atoms with Crippen molar-refractivity contribution in [1.29, 1.82) is 0 Å². The monoisotopic (exact) mass is 587 g/mol. The molecule has 42 heavy (non-hydrogen) atoms. The number of imide groups is 1. The summed E-state index contributed by atoms with van der Waals surface area (Å²) in [7, 11) is 0. The number of anilines is 1. The van der Waals surface area contributed by atoms with E-state index in [1.165, 1.54) is 16.0 Å². The Bertz CT molecular complexity index is 1470. The van der Waals surface area contributed by atoms with E-state index in [0.29, 0.717) is 24.3 Å². The maximum absolute atomic E-state index is 13.5. The van der Waals surface area contributed by atoms with Gasteiger partial charge in [0.2, 0.25) is 12.3 Å². The number of morpholine rings is 1. The van der Waals surface area contributed by atoms with Gasteiger partial charge in [-0.15, -0.1) is 0 Å². The smallest absolute Gasteiger partial charge is 0.259 e. The number of nitrogens with zero attached hydrogens (tertiary/aromatic N) is 4. The zero-order valence-corrected chi connectivity index (χ0v) is 24.8. The summed E-state index contributed by atoms with van der Waals surface area (Å²) >= 11 is 1.82. The molecule has 3 aliphatic heterocycles. The Kier molecular flexibility index (Phi) is 8.85. The second-order valence-electron chi connectivity index (χ2n) is 11.3. The molecule has 0 spiro atoms. The number of carbonyl (C=O) groups is 3. The van der Waals surface area contributed by atoms with E-state index in [9.17, 15) is 14.4 Å². The van der Waals surface area contributed by atoms with Crippen molar-refractivity contribution in [1.82, 2.24) is 19.5 Å². The van der Waals surface area contributed by atoms with E-state index in [1.807, 2.05) is 31.0 Å². The summed E-state index contributed by atoms with van der Waals surface area (Å²) in [6.45, 7) is 8.43. The van der Waals surface area contributed by atoms with Crippen LogP contribution in [0.5, 0.6) is 0 Å². The van der Waals surface area contributed by atoms with Crippen LogP contribution >= 0.6 is 11.9 Å². The molecule has 0 saturated carbocycles. The molecule has 1 aromatic heterocycles. The molecule has 220 valence electrons. The summed E-state index contributed by atoms with van der Waals surface area (Å²) in [5.74, 6) is -0.00866. The summed E-state index contributed by atoms with van der Waals surface area (Å²) in [5.41, 5.74) is 5.01. The molecule has 9 nitrogen and oxygen atoms in total. The van der Waals surface area contributed by atoms with Crippen molar-refractivity contribution in [3.8, 4) is 0 Å². The first-order valence-corrected chi connectivity index (χ1v) is 15.6. The van der Waals surface area contributed by atoms with Crippen molar-refractivity contribution in [3.63, 3.8) is 0 Å². The average Bonchev–Trinajstić information content (AvgIpc) is 3.30. The van der Waals surface area contributed by atoms with Gasteiger partial charge in [-0.1, -0.05) is 18.2 Å². The van der Waals surface area contributed by atoms with Gasteiger partial charge in [0.15, 0.2) is 0 Å². The van der Waals surface area contributed by atoms with Gasteiger partial charge in [-0.3, -0.25) is 29.6 Å². The number of hydrogen-bond donors (Lipinski definition) is 1. The van der Waals surface area contributed by atoms with Gasteiger partial charge in [-0.05, 0) is 92.5 Å². The Hall–Kier alpha value is -3.31. The average molecular weight is 588 g/mol. The number of carbonyl (C=O) groups excluding carboxylic acids is 3. The van der Waals surface area contributed by atoms with Gasteiger partial charge in [-0.2, -0.15) is 0 Å². The Morgan fingerprint density at radius 2 is 1.95 bits per heavy atom. The number of amides is 3. The van der Waals surface area contributed by atoms with E-state index in [-0.39, 0.29) is 24.3 Å². The fourth-order valence-corrected chi connectivity index (χ4v) is 7.38. The Morgan fingerprint density at radius 1 is 1.14 bits per heavy atom. The third-order valence-electron chi connectivity index (χ3n) is 8.60. The highest BCUT2D eigenvalue weighted by Crippen LogP contribution is 2.42. The number of pyridine rings is 1. The van der Waals surface area contributed by atoms with Crippen LogP contribution < -0.4 is 10.2 Å². The summed E-state index contributed by atoms with van der Waals surface area (Å²) in [4.78, 5) is 46.2. The van der Waals surface area contributed by atoms with Gasteiger partial charge >= 0.3 is 0 Å². The number of hydrogen-bond acceptors (Lipinski definition) is 8. The van der Waals surface area contributed by atoms with E-state index in [0.717, 1.165) is 75.4 Å². The molecule has 4 heterocycles. The molecule has 0 aliphatic carbocycles. The molecule has 3 aliphatic rings. The second-order valence-corrected chi connectivity index (χ2v) is 12.5. The number of likely N-dealkylation sites (tertiary alicyclic amines) is 1. The van der Waals surface area contributed by atoms with Gasteiger partial charge in [0.05, 0.1) is 30.0 Å². The number of benzene rings is 2. The molecule has 2 aromatic carbocycles. The molecule has 1 unspecified atom stereocenters. The molecule has 1 atom stereocenters. The van der Waals surface area contributed by atoms with Crippen LogP contribution in [0.15, 0.2) is 53.6 Å². The first kappa shape index (κ1) is 28.8.